The van der Waals surface area contributed by atoms with E-state index >= 15 is 0 Å². The zero-order valence-electron chi connectivity index (χ0n) is 12.9. The van der Waals surface area contributed by atoms with Crippen molar-refractivity contribution in [1.29, 1.82) is 0 Å². The first-order valence-electron chi connectivity index (χ1n) is 8.54. The van der Waals surface area contributed by atoms with Crippen molar-refractivity contribution in [3.8, 4) is 0 Å². The molecule has 3 heteroatoms. The summed E-state index contributed by atoms with van der Waals surface area (Å²) >= 11 is 2.60. The monoisotopic (exact) mass is 392 g/mol. The van der Waals surface area contributed by atoms with Gasteiger partial charge in [0.1, 0.15) is 0 Å². The highest BCUT2D eigenvalue weighted by Crippen LogP contribution is 2.54. The summed E-state index contributed by atoms with van der Waals surface area (Å²) in [6, 6.07) is 0. The minimum absolute atomic E-state index is 0.258. The van der Waals surface area contributed by atoms with Crippen LogP contribution in [0.25, 0.3) is 0 Å². The molecule has 0 aromatic heterocycles. The Labute approximate surface area is 137 Å². The van der Waals surface area contributed by atoms with Crippen LogP contribution in [0.15, 0.2) is 0 Å². The molecule has 1 heterocycles. The Bertz CT molecular complexity index is 321. The van der Waals surface area contributed by atoms with Gasteiger partial charge in [0.2, 0.25) is 0 Å². The Morgan fingerprint density at radius 1 is 1.00 bits per heavy atom. The lowest BCUT2D eigenvalue weighted by molar-refractivity contribution is -0.323. The summed E-state index contributed by atoms with van der Waals surface area (Å²) in [7, 11) is 0. The SMILES string of the molecule is CC1CC2CC(C1)C1(OCCCCCO1)C(C(C)I)C2. The molecule has 2 nitrogen and oxygen atoms in total. The minimum atomic E-state index is -0.258. The van der Waals surface area contributed by atoms with Crippen molar-refractivity contribution in [1.82, 2.24) is 0 Å². The first kappa shape index (κ1) is 15.5. The molecule has 116 valence electrons. The summed E-state index contributed by atoms with van der Waals surface area (Å²) in [6.07, 6.45) is 9.04. The highest BCUT2D eigenvalue weighted by atomic mass is 127. The predicted molar refractivity (Wildman–Crippen MR) is 90.1 cm³/mol. The molecule has 3 rings (SSSR count). The Kier molecular flexibility index (Phi) is 4.98. The molecule has 1 aliphatic heterocycles. The van der Waals surface area contributed by atoms with Gasteiger partial charge in [0.15, 0.2) is 5.79 Å². The van der Waals surface area contributed by atoms with Crippen LogP contribution < -0.4 is 0 Å². The van der Waals surface area contributed by atoms with Gasteiger partial charge in [-0.3, -0.25) is 0 Å². The lowest BCUT2D eigenvalue weighted by atomic mass is 9.61. The Balaban J connectivity index is 1.88. The number of hydrogen-bond acceptors (Lipinski definition) is 2. The van der Waals surface area contributed by atoms with Crippen LogP contribution in [0.3, 0.4) is 0 Å². The molecule has 2 saturated carbocycles. The van der Waals surface area contributed by atoms with Crippen molar-refractivity contribution < 1.29 is 9.47 Å². The van der Waals surface area contributed by atoms with E-state index in [-0.39, 0.29) is 5.79 Å². The van der Waals surface area contributed by atoms with Gasteiger partial charge in [-0.2, -0.15) is 0 Å². The molecule has 5 unspecified atom stereocenters. The van der Waals surface area contributed by atoms with E-state index in [1.807, 2.05) is 0 Å². The van der Waals surface area contributed by atoms with Gasteiger partial charge in [0.05, 0.1) is 13.2 Å². The molecule has 20 heavy (non-hydrogen) atoms. The summed E-state index contributed by atoms with van der Waals surface area (Å²) in [5, 5.41) is 0. The molecule has 0 aromatic rings. The quantitative estimate of drug-likeness (QED) is 0.472. The van der Waals surface area contributed by atoms with Crippen LogP contribution in [0.2, 0.25) is 0 Å². The van der Waals surface area contributed by atoms with E-state index in [0.29, 0.717) is 15.8 Å². The van der Waals surface area contributed by atoms with E-state index in [9.17, 15) is 0 Å². The lowest BCUT2D eigenvalue weighted by Crippen LogP contribution is -2.58. The second-order valence-electron chi connectivity index (χ2n) is 7.37. The topological polar surface area (TPSA) is 18.5 Å². The average Bonchev–Trinajstić information content (AvgIpc) is 2.35. The molecular weight excluding hydrogens is 363 g/mol. The van der Waals surface area contributed by atoms with Crippen LogP contribution in [-0.2, 0) is 9.47 Å². The molecule has 3 fully saturated rings. The molecular formula is C17H29IO2. The largest absolute Gasteiger partial charge is 0.349 e. The van der Waals surface area contributed by atoms with Crippen molar-refractivity contribution in [2.75, 3.05) is 13.2 Å². The third-order valence-electron chi connectivity index (χ3n) is 5.71. The van der Waals surface area contributed by atoms with Gasteiger partial charge in [0.25, 0.3) is 0 Å². The molecule has 1 spiro atoms. The number of alkyl halides is 1. The molecule has 3 aliphatic rings. The molecule has 1 saturated heterocycles. The van der Waals surface area contributed by atoms with Crippen LogP contribution in [-0.4, -0.2) is 22.9 Å². The third kappa shape index (κ3) is 2.91. The highest BCUT2D eigenvalue weighted by Gasteiger charge is 2.55. The molecule has 0 aromatic carbocycles. The fourth-order valence-electron chi connectivity index (χ4n) is 4.94. The summed E-state index contributed by atoms with van der Waals surface area (Å²) in [4.78, 5) is 0. The van der Waals surface area contributed by atoms with Crippen molar-refractivity contribution in [2.45, 2.75) is 68.5 Å². The molecule has 5 atom stereocenters. The van der Waals surface area contributed by atoms with Crippen LogP contribution in [0, 0.1) is 23.7 Å². The summed E-state index contributed by atoms with van der Waals surface area (Å²) < 4.78 is 13.6. The fourth-order valence-corrected chi connectivity index (χ4v) is 5.73. The third-order valence-corrected chi connectivity index (χ3v) is 6.58. The van der Waals surface area contributed by atoms with Gasteiger partial charge in [-0.25, -0.2) is 0 Å². The number of hydrogen-bond donors (Lipinski definition) is 0. The van der Waals surface area contributed by atoms with Gasteiger partial charge < -0.3 is 9.47 Å². The zero-order chi connectivity index (χ0) is 14.2. The number of rotatable bonds is 1. The van der Waals surface area contributed by atoms with Crippen LogP contribution in [0.4, 0.5) is 0 Å². The summed E-state index contributed by atoms with van der Waals surface area (Å²) in [5.74, 6) is 2.71. The van der Waals surface area contributed by atoms with Gasteiger partial charge in [-0.15, -0.1) is 0 Å². The minimum Gasteiger partial charge on any atom is -0.349 e. The van der Waals surface area contributed by atoms with Crippen LogP contribution in [0.5, 0.6) is 0 Å². The van der Waals surface area contributed by atoms with Gasteiger partial charge in [0, 0.05) is 15.8 Å². The predicted octanol–water partition coefficient (Wildman–Crippen LogP) is 4.80. The van der Waals surface area contributed by atoms with E-state index in [0.717, 1.165) is 25.0 Å². The van der Waals surface area contributed by atoms with Crippen molar-refractivity contribution in [3.05, 3.63) is 0 Å². The normalized spacial score (nSPS) is 42.8. The fraction of sp³-hybridized carbons (Fsp3) is 1.00. The number of ether oxygens (including phenoxy) is 2. The van der Waals surface area contributed by atoms with E-state index in [1.165, 1.54) is 44.9 Å². The molecule has 2 bridgehead atoms. The van der Waals surface area contributed by atoms with Crippen LogP contribution in [0.1, 0.15) is 58.8 Å². The zero-order valence-corrected chi connectivity index (χ0v) is 15.1. The molecule has 0 N–H and O–H groups in total. The second kappa shape index (κ2) is 6.41. The highest BCUT2D eigenvalue weighted by molar-refractivity contribution is 14.1. The van der Waals surface area contributed by atoms with E-state index in [4.69, 9.17) is 9.47 Å². The molecule has 0 radical (unpaired) electrons. The Hall–Kier alpha value is 0.650. The smallest absolute Gasteiger partial charge is 0.174 e. The maximum absolute atomic E-state index is 6.49. The first-order chi connectivity index (χ1) is 9.62. The second-order valence-corrected chi connectivity index (χ2v) is 9.34. The van der Waals surface area contributed by atoms with Gasteiger partial charge in [-0.05, 0) is 56.8 Å². The average molecular weight is 392 g/mol. The summed E-state index contributed by atoms with van der Waals surface area (Å²) in [5.41, 5.74) is 0. The van der Waals surface area contributed by atoms with Crippen molar-refractivity contribution >= 4 is 22.6 Å². The lowest BCUT2D eigenvalue weighted by Gasteiger charge is -2.55. The van der Waals surface area contributed by atoms with E-state index in [1.54, 1.807) is 0 Å². The molecule has 2 aliphatic carbocycles. The first-order valence-corrected chi connectivity index (χ1v) is 9.78. The van der Waals surface area contributed by atoms with E-state index < -0.39 is 0 Å². The van der Waals surface area contributed by atoms with Gasteiger partial charge in [-0.1, -0.05) is 36.4 Å². The Morgan fingerprint density at radius 3 is 2.35 bits per heavy atom. The maximum Gasteiger partial charge on any atom is 0.174 e. The van der Waals surface area contributed by atoms with Crippen molar-refractivity contribution in [2.24, 2.45) is 23.7 Å². The number of fused-ring (bicyclic) bond motifs is 3. The summed E-state index contributed by atoms with van der Waals surface area (Å²) in [6.45, 7) is 6.57. The standard InChI is InChI=1S/C17H29IO2/c1-12-8-14-10-15(9-12)17(16(11-14)13(2)18)19-6-4-3-5-7-20-17/h12-16H,3-11H2,1-2H3. The number of halogens is 1. The Morgan fingerprint density at radius 2 is 1.70 bits per heavy atom. The van der Waals surface area contributed by atoms with Crippen LogP contribution >= 0.6 is 22.6 Å². The maximum atomic E-state index is 6.49. The van der Waals surface area contributed by atoms with Gasteiger partial charge >= 0.3 is 0 Å². The molecule has 0 amide bonds. The van der Waals surface area contributed by atoms with E-state index in [2.05, 4.69) is 36.4 Å². The van der Waals surface area contributed by atoms with Crippen molar-refractivity contribution in [3.63, 3.8) is 0 Å².